The summed E-state index contributed by atoms with van der Waals surface area (Å²) in [5.41, 5.74) is 4.08. The Bertz CT molecular complexity index is 377. The van der Waals surface area contributed by atoms with Crippen molar-refractivity contribution in [2.75, 3.05) is 0 Å². The summed E-state index contributed by atoms with van der Waals surface area (Å²) in [6.45, 7) is 4.00. The Balaban J connectivity index is 1.63. The highest BCUT2D eigenvalue weighted by molar-refractivity contribution is 5.91. The number of fused-ring (bicyclic) bond motifs is 5. The van der Waals surface area contributed by atoms with Gasteiger partial charge in [-0.3, -0.25) is 4.79 Å². The van der Waals surface area contributed by atoms with Gasteiger partial charge in [-0.05, 0) is 49.9 Å². The first-order valence-electron chi connectivity index (χ1n) is 7.57. The zero-order valence-corrected chi connectivity index (χ0v) is 11.5. The predicted molar refractivity (Wildman–Crippen MR) is 72.1 cm³/mol. The molecule has 0 radical (unpaired) electrons. The molecule has 3 nitrogen and oxygen atoms in total. The lowest BCUT2D eigenvalue weighted by Gasteiger charge is -2.25. The van der Waals surface area contributed by atoms with Crippen LogP contribution in [-0.4, -0.2) is 11.6 Å². The quantitative estimate of drug-likeness (QED) is 0.766. The average Bonchev–Trinajstić information content (AvgIpc) is 3.05. The maximum Gasteiger partial charge on any atom is 0.242 e. The molecule has 2 bridgehead atoms. The van der Waals surface area contributed by atoms with Gasteiger partial charge in [-0.1, -0.05) is 20.3 Å². The van der Waals surface area contributed by atoms with Crippen molar-refractivity contribution in [1.29, 1.82) is 0 Å². The average molecular weight is 248 g/mol. The minimum atomic E-state index is 0.0761. The number of nitrogens with zero attached hydrogens (tertiary/aromatic N) is 1. The van der Waals surface area contributed by atoms with Gasteiger partial charge in [0.15, 0.2) is 0 Å². The molecule has 5 atom stereocenters. The van der Waals surface area contributed by atoms with Gasteiger partial charge in [0.25, 0.3) is 0 Å². The molecule has 0 spiro atoms. The summed E-state index contributed by atoms with van der Waals surface area (Å²) in [7, 11) is 0. The van der Waals surface area contributed by atoms with E-state index in [1.165, 1.54) is 31.4 Å². The lowest BCUT2D eigenvalue weighted by Crippen LogP contribution is -2.30. The van der Waals surface area contributed by atoms with Crippen molar-refractivity contribution >= 4 is 11.6 Å². The third kappa shape index (κ3) is 1.88. The van der Waals surface area contributed by atoms with Gasteiger partial charge in [0.05, 0.1) is 0 Å². The Morgan fingerprint density at radius 1 is 1.44 bits per heavy atom. The molecule has 0 heterocycles. The molecule has 3 aliphatic carbocycles. The summed E-state index contributed by atoms with van der Waals surface area (Å²) in [6, 6.07) is 0. The first-order chi connectivity index (χ1) is 8.70. The fourth-order valence-corrected chi connectivity index (χ4v) is 4.37. The number of hydrogen-bond acceptors (Lipinski definition) is 2. The molecule has 5 unspecified atom stereocenters. The molecule has 100 valence electrons. The summed E-state index contributed by atoms with van der Waals surface area (Å²) in [4.78, 5) is 11.7. The number of amides is 1. The molecule has 3 aliphatic rings. The molecule has 3 heteroatoms. The summed E-state index contributed by atoms with van der Waals surface area (Å²) >= 11 is 0. The van der Waals surface area contributed by atoms with E-state index < -0.39 is 0 Å². The van der Waals surface area contributed by atoms with Crippen LogP contribution < -0.4 is 5.43 Å². The summed E-state index contributed by atoms with van der Waals surface area (Å²) < 4.78 is 0. The van der Waals surface area contributed by atoms with Gasteiger partial charge in [-0.2, -0.15) is 5.10 Å². The monoisotopic (exact) mass is 248 g/mol. The maximum atomic E-state index is 11.7. The molecule has 1 amide bonds. The van der Waals surface area contributed by atoms with E-state index >= 15 is 0 Å². The minimum absolute atomic E-state index is 0.0761. The number of rotatable bonds is 3. The van der Waals surface area contributed by atoms with Crippen LogP contribution in [0.2, 0.25) is 0 Å². The Hall–Kier alpha value is -0.860. The normalized spacial score (nSPS) is 41.1. The van der Waals surface area contributed by atoms with Crippen molar-refractivity contribution in [2.45, 2.75) is 52.4 Å². The van der Waals surface area contributed by atoms with E-state index in [0.29, 0.717) is 5.92 Å². The third-order valence-electron chi connectivity index (χ3n) is 5.57. The van der Waals surface area contributed by atoms with Crippen LogP contribution >= 0.6 is 0 Å². The first-order valence-corrected chi connectivity index (χ1v) is 7.57. The van der Waals surface area contributed by atoms with Crippen LogP contribution in [0.3, 0.4) is 0 Å². The Kier molecular flexibility index (Phi) is 3.16. The third-order valence-corrected chi connectivity index (χ3v) is 5.57. The molecular weight excluding hydrogens is 224 g/mol. The highest BCUT2D eigenvalue weighted by Crippen LogP contribution is 2.57. The van der Waals surface area contributed by atoms with Gasteiger partial charge in [0.2, 0.25) is 5.91 Å². The summed E-state index contributed by atoms with van der Waals surface area (Å²) in [6.07, 6.45) is 7.62. The molecule has 0 aromatic rings. The second-order valence-corrected chi connectivity index (χ2v) is 6.45. The largest absolute Gasteiger partial charge is 0.273 e. The number of carbonyl (C=O) groups excluding carboxylic acids is 1. The van der Waals surface area contributed by atoms with E-state index in [9.17, 15) is 4.79 Å². The summed E-state index contributed by atoms with van der Waals surface area (Å²) in [5.74, 6) is 3.60. The van der Waals surface area contributed by atoms with E-state index in [1.54, 1.807) is 0 Å². The lowest BCUT2D eigenvalue weighted by atomic mass is 9.81. The van der Waals surface area contributed by atoms with Crippen LogP contribution in [0.5, 0.6) is 0 Å². The Labute approximate surface area is 109 Å². The molecule has 0 aromatic heterocycles. The molecule has 1 N–H and O–H groups in total. The fraction of sp³-hybridized carbons (Fsp3) is 0.867. The smallest absolute Gasteiger partial charge is 0.242 e. The number of nitrogens with one attached hydrogen (secondary N) is 1. The van der Waals surface area contributed by atoms with Crippen LogP contribution in [0, 0.1) is 29.6 Å². The first kappa shape index (κ1) is 12.2. The van der Waals surface area contributed by atoms with E-state index in [0.717, 1.165) is 30.6 Å². The minimum Gasteiger partial charge on any atom is -0.273 e. The van der Waals surface area contributed by atoms with Crippen molar-refractivity contribution in [2.24, 2.45) is 34.7 Å². The zero-order chi connectivity index (χ0) is 12.7. The molecule has 3 saturated carbocycles. The molecule has 0 saturated heterocycles. The maximum absolute atomic E-state index is 11.7. The van der Waals surface area contributed by atoms with Gasteiger partial charge < -0.3 is 0 Å². The standard InChI is InChI=1S/C15H24N2O/c1-3-9(2)15(18)17-16-14-8-10-7-13(14)12-6-4-5-11(10)12/h9-13H,3-8H2,1-2H3,(H,17,18). The van der Waals surface area contributed by atoms with Gasteiger partial charge in [0.1, 0.15) is 0 Å². The Morgan fingerprint density at radius 2 is 2.22 bits per heavy atom. The number of hydrazone groups is 1. The van der Waals surface area contributed by atoms with E-state index in [2.05, 4.69) is 10.5 Å². The highest BCUT2D eigenvalue weighted by Gasteiger charge is 2.52. The van der Waals surface area contributed by atoms with Gasteiger partial charge in [0, 0.05) is 17.5 Å². The van der Waals surface area contributed by atoms with E-state index in [1.807, 2.05) is 13.8 Å². The number of hydrogen-bond donors (Lipinski definition) is 1. The SMILES string of the molecule is CCC(C)C(=O)NN=C1CC2CC1C1CCCC21. The second-order valence-electron chi connectivity index (χ2n) is 6.45. The zero-order valence-electron chi connectivity index (χ0n) is 11.5. The summed E-state index contributed by atoms with van der Waals surface area (Å²) in [5, 5.41) is 4.45. The molecule has 0 aliphatic heterocycles. The van der Waals surface area contributed by atoms with Gasteiger partial charge in [-0.15, -0.1) is 0 Å². The van der Waals surface area contributed by atoms with Gasteiger partial charge >= 0.3 is 0 Å². The van der Waals surface area contributed by atoms with Crippen LogP contribution in [-0.2, 0) is 4.79 Å². The fourth-order valence-electron chi connectivity index (χ4n) is 4.37. The van der Waals surface area contributed by atoms with Crippen molar-refractivity contribution in [3.63, 3.8) is 0 Å². The molecule has 3 fully saturated rings. The second kappa shape index (κ2) is 4.67. The van der Waals surface area contributed by atoms with Crippen LogP contribution in [0.15, 0.2) is 5.10 Å². The van der Waals surface area contributed by atoms with Crippen LogP contribution in [0.1, 0.15) is 52.4 Å². The lowest BCUT2D eigenvalue weighted by molar-refractivity contribution is -0.124. The van der Waals surface area contributed by atoms with Crippen LogP contribution in [0.25, 0.3) is 0 Å². The topological polar surface area (TPSA) is 41.5 Å². The molecular formula is C15H24N2O. The van der Waals surface area contributed by atoms with Crippen molar-refractivity contribution < 1.29 is 4.79 Å². The van der Waals surface area contributed by atoms with Gasteiger partial charge in [-0.25, -0.2) is 5.43 Å². The van der Waals surface area contributed by atoms with Crippen LogP contribution in [0.4, 0.5) is 0 Å². The molecule has 0 aromatic carbocycles. The predicted octanol–water partition coefficient (Wildman–Crippen LogP) is 2.96. The molecule has 3 rings (SSSR count). The van der Waals surface area contributed by atoms with Crippen molar-refractivity contribution in [3.05, 3.63) is 0 Å². The highest BCUT2D eigenvalue weighted by atomic mass is 16.2. The van der Waals surface area contributed by atoms with E-state index in [4.69, 9.17) is 0 Å². The van der Waals surface area contributed by atoms with Crippen molar-refractivity contribution in [3.8, 4) is 0 Å². The van der Waals surface area contributed by atoms with E-state index in [-0.39, 0.29) is 11.8 Å². The van der Waals surface area contributed by atoms with Crippen molar-refractivity contribution in [1.82, 2.24) is 5.43 Å². The molecule has 18 heavy (non-hydrogen) atoms. The Morgan fingerprint density at radius 3 is 3.00 bits per heavy atom. The number of carbonyl (C=O) groups is 1.